The average Bonchev–Trinajstić information content (AvgIpc) is 3.07. The van der Waals surface area contributed by atoms with Crippen LogP contribution in [0, 0.1) is 6.92 Å². The number of fused-ring (bicyclic) bond motifs is 1. The molecule has 1 aliphatic rings. The van der Waals surface area contributed by atoms with Crippen molar-refractivity contribution >= 4 is 23.0 Å². The predicted octanol–water partition coefficient (Wildman–Crippen LogP) is 4.34. The van der Waals surface area contributed by atoms with Crippen LogP contribution < -0.4 is 10.2 Å². The van der Waals surface area contributed by atoms with E-state index in [0.717, 1.165) is 29.0 Å². The van der Waals surface area contributed by atoms with E-state index in [1.807, 2.05) is 60.4 Å². The minimum atomic E-state index is -0.00844. The minimum absolute atomic E-state index is 0.00844. The molecule has 0 aliphatic carbocycles. The molecule has 1 N–H and O–H groups in total. The molecule has 1 aromatic heterocycles. The van der Waals surface area contributed by atoms with Crippen LogP contribution in [0.1, 0.15) is 21.5 Å². The molecular formula is C21H19N3O. The molecule has 25 heavy (non-hydrogen) atoms. The average molecular weight is 329 g/mol. The zero-order chi connectivity index (χ0) is 17.2. The summed E-state index contributed by atoms with van der Waals surface area (Å²) in [7, 11) is 0. The molecule has 3 aromatic rings. The number of amides is 1. The lowest BCUT2D eigenvalue weighted by molar-refractivity contribution is 0.0989. The number of pyridine rings is 1. The molecule has 4 nitrogen and oxygen atoms in total. The van der Waals surface area contributed by atoms with E-state index in [2.05, 4.69) is 16.4 Å². The normalized spacial score (nSPS) is 12.8. The molecule has 0 saturated heterocycles. The van der Waals surface area contributed by atoms with E-state index >= 15 is 0 Å². The Morgan fingerprint density at radius 3 is 2.76 bits per heavy atom. The number of hydrogen-bond acceptors (Lipinski definition) is 3. The lowest BCUT2D eigenvalue weighted by atomic mass is 10.1. The van der Waals surface area contributed by atoms with Gasteiger partial charge in [0.2, 0.25) is 0 Å². The second-order valence-corrected chi connectivity index (χ2v) is 6.24. The molecule has 4 rings (SSSR count). The van der Waals surface area contributed by atoms with Crippen molar-refractivity contribution in [1.82, 2.24) is 4.98 Å². The van der Waals surface area contributed by atoms with Crippen molar-refractivity contribution in [2.24, 2.45) is 0 Å². The van der Waals surface area contributed by atoms with Crippen LogP contribution in [0.2, 0.25) is 0 Å². The van der Waals surface area contributed by atoms with E-state index in [1.54, 1.807) is 12.4 Å². The molecule has 0 unspecified atom stereocenters. The topological polar surface area (TPSA) is 45.2 Å². The summed E-state index contributed by atoms with van der Waals surface area (Å²) < 4.78 is 0. The van der Waals surface area contributed by atoms with Crippen LogP contribution >= 0.6 is 0 Å². The quantitative estimate of drug-likeness (QED) is 0.777. The van der Waals surface area contributed by atoms with Crippen molar-refractivity contribution in [1.29, 1.82) is 0 Å². The molecule has 1 aliphatic heterocycles. The molecule has 124 valence electrons. The highest BCUT2D eigenvalue weighted by atomic mass is 16.2. The molecule has 0 atom stereocenters. The lowest BCUT2D eigenvalue weighted by Crippen LogP contribution is -2.29. The Morgan fingerprint density at radius 1 is 1.08 bits per heavy atom. The molecule has 0 fully saturated rings. The highest BCUT2D eigenvalue weighted by molar-refractivity contribution is 6.07. The Labute approximate surface area is 147 Å². The first-order valence-electron chi connectivity index (χ1n) is 8.40. The van der Waals surface area contributed by atoms with Crippen molar-refractivity contribution in [2.75, 3.05) is 16.8 Å². The number of carbonyl (C=O) groups is 1. The van der Waals surface area contributed by atoms with Gasteiger partial charge >= 0.3 is 0 Å². The molecule has 0 saturated carbocycles. The Balaban J connectivity index is 1.60. The Morgan fingerprint density at radius 2 is 1.88 bits per heavy atom. The summed E-state index contributed by atoms with van der Waals surface area (Å²) in [5.41, 5.74) is 5.79. The van der Waals surface area contributed by atoms with Gasteiger partial charge in [0.05, 0.1) is 17.4 Å². The third-order valence-electron chi connectivity index (χ3n) is 4.54. The molecule has 0 radical (unpaired) electrons. The van der Waals surface area contributed by atoms with Crippen LogP contribution in [0.4, 0.5) is 17.1 Å². The van der Waals surface area contributed by atoms with Gasteiger partial charge in [-0.2, -0.15) is 0 Å². The van der Waals surface area contributed by atoms with Gasteiger partial charge in [-0.05, 0) is 42.7 Å². The first-order valence-corrected chi connectivity index (χ1v) is 8.40. The van der Waals surface area contributed by atoms with E-state index < -0.39 is 0 Å². The highest BCUT2D eigenvalue weighted by Gasteiger charge is 2.25. The SMILES string of the molecule is Cc1ccccc1Nc1cncc(C(=O)N2CCc3ccccc32)c1. The second kappa shape index (κ2) is 6.40. The standard InChI is InChI=1S/C21H19N3O/c1-15-6-2-4-8-19(15)23-18-12-17(13-22-14-18)21(25)24-11-10-16-7-3-5-9-20(16)24/h2-9,12-14,23H,10-11H2,1H3. The summed E-state index contributed by atoms with van der Waals surface area (Å²) >= 11 is 0. The van der Waals surface area contributed by atoms with E-state index in [1.165, 1.54) is 5.56 Å². The number of hydrogen-bond donors (Lipinski definition) is 1. The van der Waals surface area contributed by atoms with Gasteiger partial charge < -0.3 is 10.2 Å². The fraction of sp³-hybridized carbons (Fsp3) is 0.143. The number of aryl methyl sites for hydroxylation is 1. The van der Waals surface area contributed by atoms with Gasteiger partial charge in [0.25, 0.3) is 5.91 Å². The van der Waals surface area contributed by atoms with Gasteiger partial charge in [-0.15, -0.1) is 0 Å². The van der Waals surface area contributed by atoms with Crippen LogP contribution in [0.15, 0.2) is 67.0 Å². The smallest absolute Gasteiger partial charge is 0.259 e. The van der Waals surface area contributed by atoms with Crippen molar-refractivity contribution in [2.45, 2.75) is 13.3 Å². The predicted molar refractivity (Wildman–Crippen MR) is 101 cm³/mol. The molecule has 1 amide bonds. The van der Waals surface area contributed by atoms with Crippen LogP contribution in [-0.2, 0) is 6.42 Å². The number of para-hydroxylation sites is 2. The summed E-state index contributed by atoms with van der Waals surface area (Å²) in [6.45, 7) is 2.76. The van der Waals surface area contributed by atoms with Crippen molar-refractivity contribution < 1.29 is 4.79 Å². The van der Waals surface area contributed by atoms with Gasteiger partial charge in [-0.1, -0.05) is 36.4 Å². The maximum atomic E-state index is 12.9. The van der Waals surface area contributed by atoms with Crippen molar-refractivity contribution in [3.05, 3.63) is 83.7 Å². The van der Waals surface area contributed by atoms with E-state index in [4.69, 9.17) is 0 Å². The zero-order valence-electron chi connectivity index (χ0n) is 14.1. The molecule has 2 aromatic carbocycles. The maximum Gasteiger partial charge on any atom is 0.259 e. The Hall–Kier alpha value is -3.14. The molecule has 0 bridgehead atoms. The van der Waals surface area contributed by atoms with Crippen LogP contribution in [0.25, 0.3) is 0 Å². The summed E-state index contributed by atoms with van der Waals surface area (Å²) in [5, 5.41) is 3.34. The van der Waals surface area contributed by atoms with Crippen LogP contribution in [0.3, 0.4) is 0 Å². The Kier molecular flexibility index (Phi) is 3.94. The Bertz CT molecular complexity index is 936. The van der Waals surface area contributed by atoms with Crippen molar-refractivity contribution in [3.63, 3.8) is 0 Å². The van der Waals surface area contributed by atoms with Gasteiger partial charge in [0.15, 0.2) is 0 Å². The summed E-state index contributed by atoms with van der Waals surface area (Å²) in [6, 6.07) is 18.0. The maximum absolute atomic E-state index is 12.9. The molecule has 0 spiro atoms. The van der Waals surface area contributed by atoms with Gasteiger partial charge in [-0.25, -0.2) is 0 Å². The number of rotatable bonds is 3. The minimum Gasteiger partial charge on any atom is -0.354 e. The fourth-order valence-electron chi connectivity index (χ4n) is 3.20. The number of benzene rings is 2. The summed E-state index contributed by atoms with van der Waals surface area (Å²) in [6.07, 6.45) is 4.27. The first kappa shape index (κ1) is 15.4. The van der Waals surface area contributed by atoms with Gasteiger partial charge in [0, 0.05) is 24.1 Å². The summed E-state index contributed by atoms with van der Waals surface area (Å²) in [5.74, 6) is -0.00844. The van der Waals surface area contributed by atoms with Crippen LogP contribution in [-0.4, -0.2) is 17.4 Å². The molecular weight excluding hydrogens is 310 g/mol. The largest absolute Gasteiger partial charge is 0.354 e. The fourth-order valence-corrected chi connectivity index (χ4v) is 3.20. The number of nitrogens with one attached hydrogen (secondary N) is 1. The number of nitrogens with zero attached hydrogens (tertiary/aromatic N) is 2. The monoisotopic (exact) mass is 329 g/mol. The van der Waals surface area contributed by atoms with E-state index in [9.17, 15) is 4.79 Å². The number of anilines is 3. The highest BCUT2D eigenvalue weighted by Crippen LogP contribution is 2.29. The summed E-state index contributed by atoms with van der Waals surface area (Å²) in [4.78, 5) is 19.0. The third-order valence-corrected chi connectivity index (χ3v) is 4.54. The third kappa shape index (κ3) is 2.98. The first-order chi connectivity index (χ1) is 12.2. The van der Waals surface area contributed by atoms with Gasteiger partial charge in [0.1, 0.15) is 0 Å². The lowest BCUT2D eigenvalue weighted by Gasteiger charge is -2.18. The molecule has 2 heterocycles. The number of aromatic nitrogens is 1. The zero-order valence-corrected chi connectivity index (χ0v) is 14.1. The number of carbonyl (C=O) groups excluding carboxylic acids is 1. The van der Waals surface area contributed by atoms with Crippen molar-refractivity contribution in [3.8, 4) is 0 Å². The molecule has 4 heteroatoms. The van der Waals surface area contributed by atoms with Crippen LogP contribution in [0.5, 0.6) is 0 Å². The van der Waals surface area contributed by atoms with E-state index in [0.29, 0.717) is 12.1 Å². The second-order valence-electron chi connectivity index (χ2n) is 6.24. The van der Waals surface area contributed by atoms with Gasteiger partial charge in [-0.3, -0.25) is 9.78 Å². The van der Waals surface area contributed by atoms with E-state index in [-0.39, 0.29) is 5.91 Å².